The maximum Gasteiger partial charge on any atom is 0.220 e. The van der Waals surface area contributed by atoms with E-state index in [0.717, 1.165) is 32.2 Å². The second-order valence-electron chi connectivity index (χ2n) is 5.41. The van der Waals surface area contributed by atoms with Crippen molar-refractivity contribution in [3.8, 4) is 0 Å². The Bertz CT molecular complexity index is 288. The molecule has 17 heavy (non-hydrogen) atoms. The number of amides is 1. The van der Waals surface area contributed by atoms with Crippen molar-refractivity contribution in [2.24, 2.45) is 17.8 Å². The summed E-state index contributed by atoms with van der Waals surface area (Å²) >= 11 is 0. The number of rotatable bonds is 5. The lowest BCUT2D eigenvalue weighted by molar-refractivity contribution is -0.122. The van der Waals surface area contributed by atoms with Crippen molar-refractivity contribution in [1.82, 2.24) is 5.32 Å². The lowest BCUT2D eigenvalue weighted by Gasteiger charge is -2.18. The van der Waals surface area contributed by atoms with E-state index < -0.39 is 0 Å². The summed E-state index contributed by atoms with van der Waals surface area (Å²) in [5.74, 6) is 1.52. The molecule has 2 aliphatic carbocycles. The van der Waals surface area contributed by atoms with Crippen LogP contribution in [0.25, 0.3) is 0 Å². The average molecular weight is 237 g/mol. The van der Waals surface area contributed by atoms with E-state index in [4.69, 9.17) is 0 Å². The molecule has 0 aromatic heterocycles. The Labute approximate surface area is 103 Å². The van der Waals surface area contributed by atoms with Gasteiger partial charge in [-0.2, -0.15) is 0 Å². The summed E-state index contributed by atoms with van der Waals surface area (Å²) in [6.45, 7) is 1.02. The normalized spacial score (nSPS) is 31.9. The molecule has 0 aromatic carbocycles. The fraction of sp³-hybridized carbons (Fsp3) is 0.786. The highest BCUT2D eigenvalue weighted by molar-refractivity contribution is 5.76. The SMILES string of the molecule is O=C(CC1C=CCC1)NCC1CCCC1CO. The van der Waals surface area contributed by atoms with Crippen LogP contribution in [0.3, 0.4) is 0 Å². The van der Waals surface area contributed by atoms with Crippen LogP contribution in [0.5, 0.6) is 0 Å². The van der Waals surface area contributed by atoms with Crippen LogP contribution >= 0.6 is 0 Å². The Kier molecular flexibility index (Phi) is 4.60. The molecule has 2 aliphatic rings. The third-order valence-corrected chi connectivity index (χ3v) is 4.17. The zero-order valence-corrected chi connectivity index (χ0v) is 10.4. The lowest BCUT2D eigenvalue weighted by atomic mass is 9.96. The number of carbonyl (C=O) groups is 1. The summed E-state index contributed by atoms with van der Waals surface area (Å²) in [7, 11) is 0. The van der Waals surface area contributed by atoms with Gasteiger partial charge < -0.3 is 10.4 Å². The van der Waals surface area contributed by atoms with Gasteiger partial charge in [0.2, 0.25) is 5.91 Å². The summed E-state index contributed by atoms with van der Waals surface area (Å²) in [5.41, 5.74) is 0. The van der Waals surface area contributed by atoms with Gasteiger partial charge in [0.15, 0.2) is 0 Å². The summed E-state index contributed by atoms with van der Waals surface area (Å²) in [6.07, 6.45) is 10.6. The van der Waals surface area contributed by atoms with Crippen molar-refractivity contribution in [1.29, 1.82) is 0 Å². The minimum Gasteiger partial charge on any atom is -0.396 e. The van der Waals surface area contributed by atoms with Crippen molar-refractivity contribution in [2.45, 2.75) is 38.5 Å². The molecular weight excluding hydrogens is 214 g/mol. The highest BCUT2D eigenvalue weighted by atomic mass is 16.3. The highest BCUT2D eigenvalue weighted by Gasteiger charge is 2.26. The van der Waals surface area contributed by atoms with Gasteiger partial charge in [-0.1, -0.05) is 18.6 Å². The zero-order valence-electron chi connectivity index (χ0n) is 10.4. The second kappa shape index (κ2) is 6.20. The standard InChI is InChI=1S/C14H23NO2/c16-10-13-7-3-6-12(13)9-15-14(17)8-11-4-1-2-5-11/h1,4,11-13,16H,2-3,5-10H2,(H,15,17). The highest BCUT2D eigenvalue weighted by Crippen LogP contribution is 2.30. The molecule has 3 nitrogen and oxygen atoms in total. The molecule has 0 aliphatic heterocycles. The molecule has 2 N–H and O–H groups in total. The van der Waals surface area contributed by atoms with Crippen LogP contribution < -0.4 is 5.32 Å². The second-order valence-corrected chi connectivity index (χ2v) is 5.41. The van der Waals surface area contributed by atoms with E-state index in [-0.39, 0.29) is 12.5 Å². The zero-order chi connectivity index (χ0) is 12.1. The maximum absolute atomic E-state index is 11.7. The first-order valence-corrected chi connectivity index (χ1v) is 6.84. The third-order valence-electron chi connectivity index (χ3n) is 4.17. The van der Waals surface area contributed by atoms with Crippen LogP contribution in [0.1, 0.15) is 38.5 Å². The Morgan fingerprint density at radius 1 is 1.29 bits per heavy atom. The van der Waals surface area contributed by atoms with Crippen LogP contribution in [-0.4, -0.2) is 24.2 Å². The topological polar surface area (TPSA) is 49.3 Å². The number of hydrogen-bond acceptors (Lipinski definition) is 2. The monoisotopic (exact) mass is 237 g/mol. The van der Waals surface area contributed by atoms with E-state index in [1.165, 1.54) is 6.42 Å². The van der Waals surface area contributed by atoms with Crippen molar-refractivity contribution in [2.75, 3.05) is 13.2 Å². The molecule has 0 radical (unpaired) electrons. The summed E-state index contributed by atoms with van der Waals surface area (Å²) in [6, 6.07) is 0. The van der Waals surface area contributed by atoms with Gasteiger partial charge in [0.1, 0.15) is 0 Å². The van der Waals surface area contributed by atoms with E-state index in [2.05, 4.69) is 17.5 Å². The summed E-state index contributed by atoms with van der Waals surface area (Å²) in [5, 5.41) is 12.2. The summed E-state index contributed by atoms with van der Waals surface area (Å²) < 4.78 is 0. The molecule has 96 valence electrons. The predicted molar refractivity (Wildman–Crippen MR) is 67.4 cm³/mol. The van der Waals surface area contributed by atoms with Gasteiger partial charge in [-0.05, 0) is 43.4 Å². The Hall–Kier alpha value is -0.830. The van der Waals surface area contributed by atoms with Crippen LogP contribution in [0.2, 0.25) is 0 Å². The average Bonchev–Trinajstić information content (AvgIpc) is 2.96. The molecule has 0 heterocycles. The lowest BCUT2D eigenvalue weighted by Crippen LogP contribution is -2.32. The van der Waals surface area contributed by atoms with Gasteiger partial charge in [-0.15, -0.1) is 0 Å². The minimum atomic E-state index is 0.171. The molecular formula is C14H23NO2. The molecule has 0 bridgehead atoms. The van der Waals surface area contributed by atoms with E-state index in [9.17, 15) is 9.90 Å². The van der Waals surface area contributed by atoms with E-state index in [1.54, 1.807) is 0 Å². The first-order valence-electron chi connectivity index (χ1n) is 6.84. The van der Waals surface area contributed by atoms with Gasteiger partial charge in [0, 0.05) is 19.6 Å². The molecule has 3 unspecified atom stereocenters. The quantitative estimate of drug-likeness (QED) is 0.717. The van der Waals surface area contributed by atoms with Gasteiger partial charge in [0.25, 0.3) is 0 Å². The number of hydrogen-bond donors (Lipinski definition) is 2. The van der Waals surface area contributed by atoms with E-state index in [1.807, 2.05) is 0 Å². The van der Waals surface area contributed by atoms with Gasteiger partial charge >= 0.3 is 0 Å². The van der Waals surface area contributed by atoms with Gasteiger partial charge in [0.05, 0.1) is 0 Å². The molecule has 0 saturated heterocycles. The molecule has 1 fully saturated rings. The Morgan fingerprint density at radius 3 is 2.82 bits per heavy atom. The fourth-order valence-electron chi connectivity index (χ4n) is 3.04. The molecule has 0 aromatic rings. The minimum absolute atomic E-state index is 0.171. The van der Waals surface area contributed by atoms with Crippen molar-refractivity contribution in [3.63, 3.8) is 0 Å². The molecule has 1 saturated carbocycles. The predicted octanol–water partition coefficient (Wildman–Crippen LogP) is 1.87. The van der Waals surface area contributed by atoms with Crippen LogP contribution in [0.4, 0.5) is 0 Å². The van der Waals surface area contributed by atoms with Crippen molar-refractivity contribution >= 4 is 5.91 Å². The number of allylic oxidation sites excluding steroid dienone is 2. The fourth-order valence-corrected chi connectivity index (χ4v) is 3.04. The molecule has 2 rings (SSSR count). The summed E-state index contributed by atoms with van der Waals surface area (Å²) in [4.78, 5) is 11.7. The largest absolute Gasteiger partial charge is 0.396 e. The van der Waals surface area contributed by atoms with Crippen LogP contribution in [0.15, 0.2) is 12.2 Å². The van der Waals surface area contributed by atoms with Crippen molar-refractivity contribution < 1.29 is 9.90 Å². The molecule has 1 amide bonds. The smallest absolute Gasteiger partial charge is 0.220 e. The van der Waals surface area contributed by atoms with Crippen molar-refractivity contribution in [3.05, 3.63) is 12.2 Å². The third kappa shape index (κ3) is 3.56. The number of aliphatic hydroxyl groups is 1. The van der Waals surface area contributed by atoms with Crippen LogP contribution in [0, 0.1) is 17.8 Å². The number of carbonyl (C=O) groups excluding carboxylic acids is 1. The number of nitrogens with one attached hydrogen (secondary N) is 1. The Balaban J connectivity index is 1.66. The van der Waals surface area contributed by atoms with Gasteiger partial charge in [-0.25, -0.2) is 0 Å². The Morgan fingerprint density at radius 2 is 2.12 bits per heavy atom. The molecule has 3 atom stereocenters. The maximum atomic E-state index is 11.7. The van der Waals surface area contributed by atoms with Crippen LogP contribution in [-0.2, 0) is 4.79 Å². The van der Waals surface area contributed by atoms with E-state index in [0.29, 0.717) is 24.2 Å². The first kappa shape index (κ1) is 12.6. The molecule has 0 spiro atoms. The first-order chi connectivity index (χ1) is 8.29. The van der Waals surface area contributed by atoms with E-state index >= 15 is 0 Å². The van der Waals surface area contributed by atoms with Gasteiger partial charge in [-0.3, -0.25) is 4.79 Å². The number of aliphatic hydroxyl groups excluding tert-OH is 1. The molecule has 3 heteroatoms.